The lowest BCUT2D eigenvalue weighted by Crippen LogP contribution is -2.16. The number of halogens is 1. The molecule has 1 heterocycles. The first kappa shape index (κ1) is 12.9. The molecule has 1 aromatic carbocycles. The maximum Gasteiger partial charge on any atom is 0.257 e. The molecule has 0 aliphatic heterocycles. The molecule has 6 heteroatoms. The number of carbonyl (C=O) groups excluding carboxylic acids is 1. The molecule has 0 spiro atoms. The third-order valence-electron chi connectivity index (χ3n) is 2.43. The summed E-state index contributed by atoms with van der Waals surface area (Å²) in [5.74, 6) is -0.871. The molecule has 98 valence electrons. The van der Waals surface area contributed by atoms with Crippen LogP contribution in [0.5, 0.6) is 0 Å². The number of hydrogen-bond donors (Lipinski definition) is 2. The van der Waals surface area contributed by atoms with E-state index in [1.54, 1.807) is 6.07 Å². The first-order chi connectivity index (χ1) is 9.22. The fourth-order valence-electron chi connectivity index (χ4n) is 1.63. The van der Waals surface area contributed by atoms with Crippen LogP contribution >= 0.6 is 0 Å². The predicted octanol–water partition coefficient (Wildman–Crippen LogP) is 2.30. The number of hydrogen-bond acceptors (Lipinski definition) is 4. The van der Waals surface area contributed by atoms with E-state index in [9.17, 15) is 9.18 Å². The molecule has 0 aliphatic rings. The summed E-state index contributed by atoms with van der Waals surface area (Å²) in [6, 6.07) is 4.35. The second kappa shape index (κ2) is 5.90. The van der Waals surface area contributed by atoms with Gasteiger partial charge in [0.05, 0.1) is 29.3 Å². The molecule has 5 nitrogen and oxygen atoms in total. The summed E-state index contributed by atoms with van der Waals surface area (Å²) in [6.45, 7) is 2.36. The number of nitrogens with zero attached hydrogens (tertiary/aromatic N) is 2. The molecular weight excluding hydrogens is 247 g/mol. The van der Waals surface area contributed by atoms with Crippen molar-refractivity contribution < 1.29 is 9.18 Å². The zero-order chi connectivity index (χ0) is 13.7. The van der Waals surface area contributed by atoms with E-state index >= 15 is 0 Å². The minimum Gasteiger partial charge on any atom is -0.382 e. The minimum absolute atomic E-state index is 0.194. The largest absolute Gasteiger partial charge is 0.382 e. The summed E-state index contributed by atoms with van der Waals surface area (Å²) < 4.78 is 13.7. The summed E-state index contributed by atoms with van der Waals surface area (Å²) >= 11 is 0. The van der Waals surface area contributed by atoms with Gasteiger partial charge in [-0.3, -0.25) is 4.79 Å². The molecule has 2 rings (SSSR count). The molecule has 2 aromatic rings. The van der Waals surface area contributed by atoms with Crippen molar-refractivity contribution in [3.05, 3.63) is 48.3 Å². The zero-order valence-electron chi connectivity index (χ0n) is 10.4. The fourth-order valence-corrected chi connectivity index (χ4v) is 1.63. The fraction of sp³-hybridized carbons (Fsp3) is 0.154. The molecule has 0 aliphatic carbocycles. The second-order valence-electron chi connectivity index (χ2n) is 3.77. The van der Waals surface area contributed by atoms with Crippen molar-refractivity contribution in [3.63, 3.8) is 0 Å². The van der Waals surface area contributed by atoms with E-state index in [0.717, 1.165) is 0 Å². The Kier molecular flexibility index (Phi) is 4.02. The standard InChI is InChI=1S/C13H13FN4O/c1-2-17-12-10(4-3-5-11(12)14)13(19)18-9-6-15-8-16-7-9/h3-8,17H,2H2,1H3,(H,18,19). The van der Waals surface area contributed by atoms with E-state index in [1.165, 1.54) is 30.9 Å². The van der Waals surface area contributed by atoms with Gasteiger partial charge in [-0.25, -0.2) is 14.4 Å². The number of carbonyl (C=O) groups is 1. The van der Waals surface area contributed by atoms with Crippen LogP contribution in [0, 0.1) is 5.82 Å². The van der Waals surface area contributed by atoms with Gasteiger partial charge in [0.25, 0.3) is 5.91 Å². The van der Waals surface area contributed by atoms with Crippen molar-refractivity contribution in [3.8, 4) is 0 Å². The van der Waals surface area contributed by atoms with Crippen LogP contribution in [0.1, 0.15) is 17.3 Å². The Balaban J connectivity index is 2.26. The Morgan fingerprint density at radius 3 is 2.74 bits per heavy atom. The highest BCUT2D eigenvalue weighted by Gasteiger charge is 2.14. The molecule has 0 saturated heterocycles. The number of rotatable bonds is 4. The Labute approximate surface area is 109 Å². The maximum atomic E-state index is 13.7. The SMILES string of the molecule is CCNc1c(F)cccc1C(=O)Nc1cncnc1. The smallest absolute Gasteiger partial charge is 0.257 e. The van der Waals surface area contributed by atoms with Gasteiger partial charge in [0.2, 0.25) is 0 Å². The van der Waals surface area contributed by atoms with Crippen LogP contribution in [0.25, 0.3) is 0 Å². The van der Waals surface area contributed by atoms with Crippen molar-refractivity contribution in [2.75, 3.05) is 17.2 Å². The van der Waals surface area contributed by atoms with Crippen molar-refractivity contribution in [2.24, 2.45) is 0 Å². The van der Waals surface area contributed by atoms with E-state index in [1.807, 2.05) is 6.92 Å². The Morgan fingerprint density at radius 2 is 2.05 bits per heavy atom. The Hall–Kier alpha value is -2.50. The molecule has 0 unspecified atom stereocenters. The number of nitrogens with one attached hydrogen (secondary N) is 2. The highest BCUT2D eigenvalue weighted by molar-refractivity contribution is 6.07. The summed E-state index contributed by atoms with van der Waals surface area (Å²) in [5, 5.41) is 5.46. The molecule has 0 bridgehead atoms. The van der Waals surface area contributed by atoms with E-state index in [4.69, 9.17) is 0 Å². The number of aromatic nitrogens is 2. The molecule has 1 amide bonds. The first-order valence-electron chi connectivity index (χ1n) is 5.81. The van der Waals surface area contributed by atoms with Gasteiger partial charge in [0.15, 0.2) is 0 Å². The molecule has 0 atom stereocenters. The summed E-state index contributed by atoms with van der Waals surface area (Å²) in [5.41, 5.74) is 0.893. The highest BCUT2D eigenvalue weighted by Crippen LogP contribution is 2.20. The number of anilines is 2. The molecule has 0 fully saturated rings. The first-order valence-corrected chi connectivity index (χ1v) is 5.81. The number of benzene rings is 1. The lowest BCUT2D eigenvalue weighted by atomic mass is 10.1. The van der Waals surface area contributed by atoms with Gasteiger partial charge in [0, 0.05) is 6.54 Å². The number of para-hydroxylation sites is 1. The average Bonchev–Trinajstić information content (AvgIpc) is 2.42. The Morgan fingerprint density at radius 1 is 1.32 bits per heavy atom. The summed E-state index contributed by atoms with van der Waals surface area (Å²) in [6.07, 6.45) is 4.30. The van der Waals surface area contributed by atoms with Gasteiger partial charge in [-0.2, -0.15) is 0 Å². The lowest BCUT2D eigenvalue weighted by molar-refractivity contribution is 0.102. The molecule has 1 aromatic heterocycles. The van der Waals surface area contributed by atoms with Crippen molar-refractivity contribution >= 4 is 17.3 Å². The average molecular weight is 260 g/mol. The van der Waals surface area contributed by atoms with Gasteiger partial charge in [-0.15, -0.1) is 0 Å². The summed E-state index contributed by atoms with van der Waals surface area (Å²) in [4.78, 5) is 19.7. The van der Waals surface area contributed by atoms with Gasteiger partial charge >= 0.3 is 0 Å². The maximum absolute atomic E-state index is 13.7. The topological polar surface area (TPSA) is 66.9 Å². The van der Waals surface area contributed by atoms with E-state index in [-0.39, 0.29) is 11.3 Å². The van der Waals surface area contributed by atoms with E-state index in [2.05, 4.69) is 20.6 Å². The molecular formula is C13H13FN4O. The highest BCUT2D eigenvalue weighted by atomic mass is 19.1. The predicted molar refractivity (Wildman–Crippen MR) is 70.5 cm³/mol. The van der Waals surface area contributed by atoms with Crippen LogP contribution in [0.15, 0.2) is 36.9 Å². The van der Waals surface area contributed by atoms with Gasteiger partial charge in [-0.1, -0.05) is 6.07 Å². The van der Waals surface area contributed by atoms with Crippen molar-refractivity contribution in [1.29, 1.82) is 0 Å². The van der Waals surface area contributed by atoms with Crippen molar-refractivity contribution in [1.82, 2.24) is 9.97 Å². The second-order valence-corrected chi connectivity index (χ2v) is 3.77. The normalized spacial score (nSPS) is 10.0. The van der Waals surface area contributed by atoms with E-state index < -0.39 is 11.7 Å². The van der Waals surface area contributed by atoms with Crippen LogP contribution in [0.2, 0.25) is 0 Å². The quantitative estimate of drug-likeness (QED) is 0.885. The van der Waals surface area contributed by atoms with Gasteiger partial charge < -0.3 is 10.6 Å². The van der Waals surface area contributed by atoms with E-state index in [0.29, 0.717) is 12.2 Å². The molecule has 0 radical (unpaired) electrons. The lowest BCUT2D eigenvalue weighted by Gasteiger charge is -2.11. The monoisotopic (exact) mass is 260 g/mol. The van der Waals surface area contributed by atoms with Crippen LogP contribution in [0.4, 0.5) is 15.8 Å². The number of amides is 1. The van der Waals surface area contributed by atoms with Gasteiger partial charge in [0.1, 0.15) is 12.1 Å². The van der Waals surface area contributed by atoms with Gasteiger partial charge in [-0.05, 0) is 19.1 Å². The van der Waals surface area contributed by atoms with Crippen LogP contribution in [-0.2, 0) is 0 Å². The van der Waals surface area contributed by atoms with Crippen LogP contribution in [-0.4, -0.2) is 22.4 Å². The Bertz CT molecular complexity index is 574. The zero-order valence-corrected chi connectivity index (χ0v) is 10.4. The van der Waals surface area contributed by atoms with Crippen molar-refractivity contribution in [2.45, 2.75) is 6.92 Å². The molecule has 19 heavy (non-hydrogen) atoms. The van der Waals surface area contributed by atoms with Crippen LogP contribution in [0.3, 0.4) is 0 Å². The van der Waals surface area contributed by atoms with Crippen LogP contribution < -0.4 is 10.6 Å². The third kappa shape index (κ3) is 3.04. The molecule has 0 saturated carbocycles. The third-order valence-corrected chi connectivity index (χ3v) is 2.43. The molecule has 2 N–H and O–H groups in total. The summed E-state index contributed by atoms with van der Waals surface area (Å²) in [7, 11) is 0. The minimum atomic E-state index is -0.459.